The molecule has 4 nitrogen and oxygen atoms in total. The minimum atomic E-state index is 0.334. The van der Waals surface area contributed by atoms with Crippen molar-refractivity contribution in [2.45, 2.75) is 13.0 Å². The number of hydrogen-bond acceptors (Lipinski definition) is 5. The number of rotatable bonds is 2. The van der Waals surface area contributed by atoms with Gasteiger partial charge in [0.2, 0.25) is 0 Å². The van der Waals surface area contributed by atoms with Gasteiger partial charge in [0, 0.05) is 41.8 Å². The van der Waals surface area contributed by atoms with Crippen LogP contribution in [0.1, 0.15) is 6.92 Å². The molecule has 1 fully saturated rings. The van der Waals surface area contributed by atoms with E-state index in [0.29, 0.717) is 17.1 Å². The van der Waals surface area contributed by atoms with Crippen molar-refractivity contribution >= 4 is 51.7 Å². The van der Waals surface area contributed by atoms with Gasteiger partial charge in [-0.15, -0.1) is 11.3 Å². The molecule has 1 aliphatic rings. The van der Waals surface area contributed by atoms with Gasteiger partial charge in [-0.25, -0.2) is 0 Å². The molecule has 3 aromatic rings. The van der Waals surface area contributed by atoms with E-state index < -0.39 is 0 Å². The fraction of sp³-hybridized carbons (Fsp3) is 0.312. The largest absolute Gasteiger partial charge is 0.423 e. The summed E-state index contributed by atoms with van der Waals surface area (Å²) < 4.78 is 6.84. The third-order valence-corrected chi connectivity index (χ3v) is 5.49. The van der Waals surface area contributed by atoms with E-state index in [2.05, 4.69) is 22.1 Å². The molecule has 1 saturated heterocycles. The Morgan fingerprint density at radius 1 is 1.35 bits per heavy atom. The van der Waals surface area contributed by atoms with Gasteiger partial charge < -0.3 is 14.6 Å². The molecule has 0 bridgehead atoms. The van der Waals surface area contributed by atoms with Crippen molar-refractivity contribution in [2.75, 3.05) is 24.5 Å². The molecule has 1 aliphatic heterocycles. The number of hydrogen-bond donors (Lipinski definition) is 1. The Labute approximate surface area is 148 Å². The molecule has 0 saturated carbocycles. The van der Waals surface area contributed by atoms with E-state index in [0.717, 1.165) is 46.2 Å². The second-order valence-corrected chi connectivity index (χ2v) is 7.61. The SMILES string of the molecule is CC1CNCCN1c1nc2cc(Cl)cc(-c3ccsc3Cl)c2o1. The Bertz CT molecular complexity index is 860. The molecule has 0 aliphatic carbocycles. The number of halogens is 2. The smallest absolute Gasteiger partial charge is 0.298 e. The van der Waals surface area contributed by atoms with Gasteiger partial charge in [-0.05, 0) is 30.5 Å². The van der Waals surface area contributed by atoms with Gasteiger partial charge in [-0.3, -0.25) is 0 Å². The number of anilines is 1. The summed E-state index contributed by atoms with van der Waals surface area (Å²) in [4.78, 5) is 6.84. The Balaban J connectivity index is 1.87. The second-order valence-electron chi connectivity index (χ2n) is 5.65. The van der Waals surface area contributed by atoms with Crippen molar-refractivity contribution in [1.82, 2.24) is 10.3 Å². The number of nitrogens with one attached hydrogen (secondary N) is 1. The van der Waals surface area contributed by atoms with Crippen LogP contribution in [0.4, 0.5) is 6.01 Å². The Kier molecular flexibility index (Phi) is 3.97. The molecule has 0 radical (unpaired) electrons. The fourth-order valence-corrected chi connectivity index (χ4v) is 4.08. The number of nitrogens with zero attached hydrogens (tertiary/aromatic N) is 2. The fourth-order valence-electron chi connectivity index (χ4n) is 2.92. The molecule has 0 amide bonds. The van der Waals surface area contributed by atoms with E-state index in [1.165, 1.54) is 11.3 Å². The third-order valence-electron chi connectivity index (χ3n) is 4.10. The molecule has 1 N–H and O–H groups in total. The first-order chi connectivity index (χ1) is 11.1. The number of thiophene rings is 1. The van der Waals surface area contributed by atoms with Gasteiger partial charge in [-0.1, -0.05) is 23.2 Å². The molecule has 1 aromatic carbocycles. The van der Waals surface area contributed by atoms with Crippen molar-refractivity contribution in [3.8, 4) is 11.1 Å². The summed E-state index contributed by atoms with van der Waals surface area (Å²) in [6, 6.07) is 6.67. The van der Waals surface area contributed by atoms with Crippen LogP contribution in [0.3, 0.4) is 0 Å². The number of fused-ring (bicyclic) bond motifs is 1. The van der Waals surface area contributed by atoms with E-state index in [9.17, 15) is 0 Å². The number of aromatic nitrogens is 1. The summed E-state index contributed by atoms with van der Waals surface area (Å²) in [5.41, 5.74) is 3.31. The average Bonchev–Trinajstić information content (AvgIpc) is 3.13. The molecule has 23 heavy (non-hydrogen) atoms. The number of benzene rings is 1. The van der Waals surface area contributed by atoms with Gasteiger partial charge in [-0.2, -0.15) is 4.98 Å². The third kappa shape index (κ3) is 2.72. The van der Waals surface area contributed by atoms with Gasteiger partial charge in [0.1, 0.15) is 9.85 Å². The van der Waals surface area contributed by atoms with Crippen LogP contribution in [0.5, 0.6) is 0 Å². The van der Waals surface area contributed by atoms with Crippen molar-refractivity contribution < 1.29 is 4.42 Å². The molecule has 7 heteroatoms. The van der Waals surface area contributed by atoms with E-state index in [-0.39, 0.29) is 0 Å². The van der Waals surface area contributed by atoms with E-state index >= 15 is 0 Å². The maximum absolute atomic E-state index is 6.30. The molecule has 1 atom stereocenters. The van der Waals surface area contributed by atoms with Crippen LogP contribution in [-0.2, 0) is 0 Å². The highest BCUT2D eigenvalue weighted by atomic mass is 35.5. The second kappa shape index (κ2) is 5.98. The van der Waals surface area contributed by atoms with Gasteiger partial charge in [0.25, 0.3) is 6.01 Å². The van der Waals surface area contributed by atoms with Crippen LogP contribution in [0.15, 0.2) is 28.0 Å². The lowest BCUT2D eigenvalue weighted by molar-refractivity contribution is 0.456. The summed E-state index contributed by atoms with van der Waals surface area (Å²) in [6.07, 6.45) is 0. The lowest BCUT2D eigenvalue weighted by Crippen LogP contribution is -2.50. The van der Waals surface area contributed by atoms with Gasteiger partial charge in [0.05, 0.1) is 0 Å². The summed E-state index contributed by atoms with van der Waals surface area (Å²) in [5.74, 6) is 0. The Morgan fingerprint density at radius 2 is 2.22 bits per heavy atom. The summed E-state index contributed by atoms with van der Waals surface area (Å²) in [7, 11) is 0. The van der Waals surface area contributed by atoms with Crippen LogP contribution < -0.4 is 10.2 Å². The first-order valence-corrected chi connectivity index (χ1v) is 9.08. The van der Waals surface area contributed by atoms with Crippen LogP contribution in [0.25, 0.3) is 22.2 Å². The molecular formula is C16H15Cl2N3OS. The lowest BCUT2D eigenvalue weighted by Gasteiger charge is -2.32. The molecular weight excluding hydrogens is 353 g/mol. The summed E-state index contributed by atoms with van der Waals surface area (Å²) >= 11 is 14.1. The predicted octanol–water partition coefficient (Wildman–Crippen LogP) is 4.66. The zero-order valence-corrected chi connectivity index (χ0v) is 14.8. The first kappa shape index (κ1) is 15.3. The van der Waals surface area contributed by atoms with Crippen molar-refractivity contribution in [3.63, 3.8) is 0 Å². The quantitative estimate of drug-likeness (QED) is 0.714. The standard InChI is InChI=1S/C16H15Cl2N3OS/c1-9-8-19-3-4-21(9)16-20-13-7-10(17)6-12(14(13)22-16)11-2-5-23-15(11)18/h2,5-7,9,19H,3-4,8H2,1H3. The minimum Gasteiger partial charge on any atom is -0.423 e. The van der Waals surface area contributed by atoms with Crippen molar-refractivity contribution in [1.29, 1.82) is 0 Å². The maximum Gasteiger partial charge on any atom is 0.298 e. The zero-order valence-electron chi connectivity index (χ0n) is 12.5. The molecule has 3 heterocycles. The lowest BCUT2D eigenvalue weighted by atomic mass is 10.1. The zero-order chi connectivity index (χ0) is 16.0. The van der Waals surface area contributed by atoms with Crippen molar-refractivity contribution in [2.24, 2.45) is 0 Å². The first-order valence-electron chi connectivity index (χ1n) is 7.44. The molecule has 120 valence electrons. The highest BCUT2D eigenvalue weighted by Crippen LogP contribution is 2.40. The van der Waals surface area contributed by atoms with Crippen LogP contribution in [0.2, 0.25) is 9.36 Å². The summed E-state index contributed by atoms with van der Waals surface area (Å²) in [6.45, 7) is 4.87. The molecule has 0 spiro atoms. The van der Waals surface area contributed by atoms with Crippen LogP contribution in [0, 0.1) is 0 Å². The highest BCUT2D eigenvalue weighted by Gasteiger charge is 2.24. The summed E-state index contributed by atoms with van der Waals surface area (Å²) in [5, 5.41) is 5.96. The normalized spacial score (nSPS) is 18.7. The molecule has 2 aromatic heterocycles. The maximum atomic E-state index is 6.30. The van der Waals surface area contributed by atoms with Gasteiger partial charge >= 0.3 is 0 Å². The number of oxazole rings is 1. The van der Waals surface area contributed by atoms with Crippen LogP contribution in [-0.4, -0.2) is 30.7 Å². The minimum absolute atomic E-state index is 0.334. The highest BCUT2D eigenvalue weighted by molar-refractivity contribution is 7.15. The van der Waals surface area contributed by atoms with Crippen LogP contribution >= 0.6 is 34.5 Å². The molecule has 1 unspecified atom stereocenters. The molecule has 4 rings (SSSR count). The Hall–Kier alpha value is -1.27. The van der Waals surface area contributed by atoms with Crippen molar-refractivity contribution in [3.05, 3.63) is 32.9 Å². The average molecular weight is 368 g/mol. The Morgan fingerprint density at radius 3 is 2.96 bits per heavy atom. The van der Waals surface area contributed by atoms with Gasteiger partial charge in [0.15, 0.2) is 5.58 Å². The van der Waals surface area contributed by atoms with E-state index in [1.54, 1.807) is 0 Å². The monoisotopic (exact) mass is 367 g/mol. The topological polar surface area (TPSA) is 41.3 Å². The van der Waals surface area contributed by atoms with E-state index in [1.807, 2.05) is 23.6 Å². The van der Waals surface area contributed by atoms with E-state index in [4.69, 9.17) is 27.6 Å². The predicted molar refractivity (Wildman–Crippen MR) is 97.0 cm³/mol. The number of piperazine rings is 1.